The highest BCUT2D eigenvalue weighted by atomic mass is 35.5. The maximum Gasteiger partial charge on any atom is 0.222 e. The molecule has 0 heterocycles. The lowest BCUT2D eigenvalue weighted by atomic mass is 9.84. The predicted molar refractivity (Wildman–Crippen MR) is 89.4 cm³/mol. The molecule has 1 fully saturated rings. The minimum Gasteiger partial charge on any atom is -0.353 e. The van der Waals surface area contributed by atoms with Gasteiger partial charge in [0.25, 0.3) is 0 Å². The standard InChI is InChI=1S/C17H26N2O.ClH/c1-2-13-8-10-15(11-9-13)19-17(20)12-16(18)14-6-4-3-5-7-14;/h3-7,13,15-16H,2,8-12,18H2,1H3,(H,19,20);1H. The van der Waals surface area contributed by atoms with Crippen LogP contribution in [0.3, 0.4) is 0 Å². The van der Waals surface area contributed by atoms with Gasteiger partial charge in [-0.1, -0.05) is 43.7 Å². The van der Waals surface area contributed by atoms with Gasteiger partial charge < -0.3 is 11.1 Å². The lowest BCUT2D eigenvalue weighted by molar-refractivity contribution is -0.122. The number of amides is 1. The molecule has 1 aromatic carbocycles. The first kappa shape index (κ1) is 18.0. The van der Waals surface area contributed by atoms with E-state index in [0.29, 0.717) is 12.5 Å². The van der Waals surface area contributed by atoms with Crippen molar-refractivity contribution < 1.29 is 4.79 Å². The average Bonchev–Trinajstić information content (AvgIpc) is 2.49. The molecular formula is C17H27ClN2O. The molecule has 3 N–H and O–H groups in total. The summed E-state index contributed by atoms with van der Waals surface area (Å²) < 4.78 is 0. The second-order valence-electron chi connectivity index (χ2n) is 5.91. The minimum atomic E-state index is -0.205. The van der Waals surface area contributed by atoms with E-state index in [1.807, 2.05) is 30.3 Å². The van der Waals surface area contributed by atoms with Gasteiger partial charge in [0.15, 0.2) is 0 Å². The SMILES string of the molecule is CCC1CCC(NC(=O)CC(N)c2ccccc2)CC1.Cl. The lowest BCUT2D eigenvalue weighted by Crippen LogP contribution is -2.38. The zero-order valence-electron chi connectivity index (χ0n) is 12.8. The fourth-order valence-corrected chi connectivity index (χ4v) is 3.02. The molecule has 21 heavy (non-hydrogen) atoms. The van der Waals surface area contributed by atoms with Gasteiger partial charge in [0.05, 0.1) is 0 Å². The van der Waals surface area contributed by atoms with Crippen LogP contribution in [0.25, 0.3) is 0 Å². The minimum absolute atomic E-state index is 0. The molecule has 1 aliphatic carbocycles. The predicted octanol–water partition coefficient (Wildman–Crippen LogP) is 3.58. The smallest absolute Gasteiger partial charge is 0.222 e. The van der Waals surface area contributed by atoms with E-state index in [1.54, 1.807) is 0 Å². The molecule has 0 radical (unpaired) electrons. The third-order valence-corrected chi connectivity index (χ3v) is 4.42. The van der Waals surface area contributed by atoms with Gasteiger partial charge in [-0.3, -0.25) is 4.79 Å². The second-order valence-corrected chi connectivity index (χ2v) is 5.91. The van der Waals surface area contributed by atoms with Gasteiger partial charge >= 0.3 is 0 Å². The summed E-state index contributed by atoms with van der Waals surface area (Å²) in [6.07, 6.45) is 6.35. The number of hydrogen-bond acceptors (Lipinski definition) is 2. The Balaban J connectivity index is 0.00000220. The molecule has 1 amide bonds. The van der Waals surface area contributed by atoms with Crippen LogP contribution in [-0.4, -0.2) is 11.9 Å². The first-order valence-electron chi connectivity index (χ1n) is 7.79. The molecule has 0 aromatic heterocycles. The number of carbonyl (C=O) groups excluding carboxylic acids is 1. The molecule has 1 unspecified atom stereocenters. The Kier molecular flexibility index (Phi) is 7.76. The van der Waals surface area contributed by atoms with Crippen molar-refractivity contribution in [3.63, 3.8) is 0 Å². The quantitative estimate of drug-likeness (QED) is 0.873. The zero-order chi connectivity index (χ0) is 14.4. The van der Waals surface area contributed by atoms with E-state index in [2.05, 4.69) is 12.2 Å². The third kappa shape index (κ3) is 5.68. The number of benzene rings is 1. The monoisotopic (exact) mass is 310 g/mol. The summed E-state index contributed by atoms with van der Waals surface area (Å²) in [6, 6.07) is 9.98. The molecule has 1 aliphatic rings. The lowest BCUT2D eigenvalue weighted by Gasteiger charge is -2.28. The van der Waals surface area contributed by atoms with Crippen LogP contribution in [0.5, 0.6) is 0 Å². The molecule has 118 valence electrons. The number of rotatable bonds is 5. The van der Waals surface area contributed by atoms with Crippen LogP contribution >= 0.6 is 12.4 Å². The van der Waals surface area contributed by atoms with Crippen molar-refractivity contribution in [2.45, 2.75) is 57.5 Å². The summed E-state index contributed by atoms with van der Waals surface area (Å²) in [6.45, 7) is 2.25. The van der Waals surface area contributed by atoms with Crippen LogP contribution in [0.2, 0.25) is 0 Å². The largest absolute Gasteiger partial charge is 0.353 e. The molecule has 0 spiro atoms. The van der Waals surface area contributed by atoms with Crippen molar-refractivity contribution in [1.82, 2.24) is 5.32 Å². The summed E-state index contributed by atoms with van der Waals surface area (Å²) >= 11 is 0. The molecule has 1 aromatic rings. The Hall–Kier alpha value is -1.06. The molecule has 0 aliphatic heterocycles. The van der Waals surface area contributed by atoms with Crippen molar-refractivity contribution in [2.24, 2.45) is 11.7 Å². The van der Waals surface area contributed by atoms with Crippen molar-refractivity contribution in [2.75, 3.05) is 0 Å². The highest BCUT2D eigenvalue weighted by Crippen LogP contribution is 2.26. The first-order chi connectivity index (χ1) is 9.69. The van der Waals surface area contributed by atoms with E-state index >= 15 is 0 Å². The average molecular weight is 311 g/mol. The second kappa shape index (κ2) is 9.06. The molecule has 3 nitrogen and oxygen atoms in total. The summed E-state index contributed by atoms with van der Waals surface area (Å²) in [4.78, 5) is 12.1. The van der Waals surface area contributed by atoms with Gasteiger partial charge in [0.2, 0.25) is 5.91 Å². The Morgan fingerprint density at radius 1 is 1.24 bits per heavy atom. The van der Waals surface area contributed by atoms with Crippen LogP contribution in [-0.2, 0) is 4.79 Å². The molecule has 4 heteroatoms. The number of carbonyl (C=O) groups is 1. The highest BCUT2D eigenvalue weighted by molar-refractivity contribution is 5.85. The van der Waals surface area contributed by atoms with E-state index in [1.165, 1.54) is 19.3 Å². The molecule has 2 rings (SSSR count). The van der Waals surface area contributed by atoms with Crippen molar-refractivity contribution in [3.05, 3.63) is 35.9 Å². The van der Waals surface area contributed by atoms with Gasteiger partial charge in [-0.2, -0.15) is 0 Å². The van der Waals surface area contributed by atoms with Crippen LogP contribution in [0.15, 0.2) is 30.3 Å². The summed E-state index contributed by atoms with van der Waals surface area (Å²) in [5, 5.41) is 3.15. The molecule has 1 atom stereocenters. The molecule has 0 bridgehead atoms. The van der Waals surface area contributed by atoms with Crippen molar-refractivity contribution in [1.29, 1.82) is 0 Å². The van der Waals surface area contributed by atoms with Gasteiger partial charge in [-0.25, -0.2) is 0 Å². The topological polar surface area (TPSA) is 55.1 Å². The van der Waals surface area contributed by atoms with Crippen LogP contribution in [0.1, 0.15) is 57.1 Å². The van der Waals surface area contributed by atoms with Gasteiger partial charge in [0.1, 0.15) is 0 Å². The van der Waals surface area contributed by atoms with Crippen LogP contribution in [0, 0.1) is 5.92 Å². The van der Waals surface area contributed by atoms with E-state index in [4.69, 9.17) is 5.73 Å². The van der Waals surface area contributed by atoms with Gasteiger partial charge in [0, 0.05) is 18.5 Å². The van der Waals surface area contributed by atoms with Crippen LogP contribution < -0.4 is 11.1 Å². The highest BCUT2D eigenvalue weighted by Gasteiger charge is 2.22. The molecule has 1 saturated carbocycles. The van der Waals surface area contributed by atoms with Crippen molar-refractivity contribution >= 4 is 18.3 Å². The summed E-state index contributed by atoms with van der Waals surface area (Å²) in [7, 11) is 0. The Morgan fingerprint density at radius 2 is 1.86 bits per heavy atom. The maximum atomic E-state index is 12.1. The summed E-state index contributed by atoms with van der Waals surface area (Å²) in [5.74, 6) is 0.941. The molecule has 0 saturated heterocycles. The number of hydrogen-bond donors (Lipinski definition) is 2. The van der Waals surface area contributed by atoms with E-state index in [9.17, 15) is 4.79 Å². The Bertz CT molecular complexity index is 416. The zero-order valence-corrected chi connectivity index (χ0v) is 13.6. The van der Waals surface area contributed by atoms with E-state index in [-0.39, 0.29) is 24.4 Å². The first-order valence-corrected chi connectivity index (χ1v) is 7.79. The van der Waals surface area contributed by atoms with Crippen LogP contribution in [0.4, 0.5) is 0 Å². The van der Waals surface area contributed by atoms with E-state index in [0.717, 1.165) is 24.3 Å². The van der Waals surface area contributed by atoms with Crippen molar-refractivity contribution in [3.8, 4) is 0 Å². The fourth-order valence-electron chi connectivity index (χ4n) is 3.02. The van der Waals surface area contributed by atoms with Gasteiger partial charge in [-0.15, -0.1) is 12.4 Å². The Labute approximate surface area is 134 Å². The van der Waals surface area contributed by atoms with Gasteiger partial charge in [-0.05, 0) is 37.2 Å². The normalized spacial score (nSPS) is 23.0. The van der Waals surface area contributed by atoms with E-state index < -0.39 is 0 Å². The number of nitrogens with one attached hydrogen (secondary N) is 1. The fraction of sp³-hybridized carbons (Fsp3) is 0.588. The Morgan fingerprint density at radius 3 is 2.43 bits per heavy atom. The molecular weight excluding hydrogens is 284 g/mol. The summed E-state index contributed by atoms with van der Waals surface area (Å²) in [5.41, 5.74) is 7.11. The number of halogens is 1. The third-order valence-electron chi connectivity index (χ3n) is 4.42. The number of nitrogens with two attached hydrogens (primary N) is 1. The maximum absolute atomic E-state index is 12.1.